The van der Waals surface area contributed by atoms with Gasteiger partial charge in [-0.1, -0.05) is 88.4 Å². The molecular formula is C34H43N3O7. The van der Waals surface area contributed by atoms with Crippen molar-refractivity contribution in [3.8, 4) is 0 Å². The number of hydrogen-bond donors (Lipinski definition) is 3. The molecule has 2 unspecified atom stereocenters. The highest BCUT2D eigenvalue weighted by Gasteiger charge is 2.43. The number of nitrogens with one attached hydrogen (secondary N) is 2. The van der Waals surface area contributed by atoms with E-state index in [1.165, 1.54) is 7.11 Å². The molecule has 4 atom stereocenters. The quantitative estimate of drug-likeness (QED) is 0.235. The van der Waals surface area contributed by atoms with Gasteiger partial charge in [-0.15, -0.1) is 0 Å². The first-order valence-corrected chi connectivity index (χ1v) is 15.5. The molecule has 1 aliphatic carbocycles. The molecule has 3 N–H and O–H groups in total. The number of carbonyl (C=O) groups excluding carboxylic acids is 5. The van der Waals surface area contributed by atoms with Crippen molar-refractivity contribution in [1.29, 1.82) is 0 Å². The molecule has 236 valence electrons. The SMILES string of the molecule is COC(=O)C(O)[C@H](CC1CCCCC1)NC(=O)C(CC(C)C)NC(=O)[C@H](Cc1ccccc1)N1C(=O)c2ccccc2C1=O. The van der Waals surface area contributed by atoms with Gasteiger partial charge in [0.05, 0.1) is 24.3 Å². The molecule has 4 rings (SSSR count). The molecule has 10 nitrogen and oxygen atoms in total. The van der Waals surface area contributed by atoms with Gasteiger partial charge < -0.3 is 20.5 Å². The molecule has 0 aromatic heterocycles. The molecule has 1 saturated carbocycles. The number of imide groups is 1. The Hall–Kier alpha value is -4.05. The third-order valence-electron chi connectivity index (χ3n) is 8.52. The minimum atomic E-state index is -1.56. The van der Waals surface area contributed by atoms with Crippen molar-refractivity contribution in [3.63, 3.8) is 0 Å². The zero-order valence-corrected chi connectivity index (χ0v) is 25.7. The van der Waals surface area contributed by atoms with Crippen molar-refractivity contribution < 1.29 is 33.8 Å². The lowest BCUT2D eigenvalue weighted by Gasteiger charge is -2.32. The van der Waals surface area contributed by atoms with Crippen molar-refractivity contribution >= 4 is 29.6 Å². The number of carbonyl (C=O) groups is 5. The van der Waals surface area contributed by atoms with E-state index in [-0.39, 0.29) is 35.8 Å². The van der Waals surface area contributed by atoms with Gasteiger partial charge in [-0.25, -0.2) is 4.79 Å². The number of hydrogen-bond acceptors (Lipinski definition) is 7. The summed E-state index contributed by atoms with van der Waals surface area (Å²) in [5, 5.41) is 16.4. The highest BCUT2D eigenvalue weighted by molar-refractivity contribution is 6.23. The fraction of sp³-hybridized carbons (Fsp3) is 0.500. The summed E-state index contributed by atoms with van der Waals surface area (Å²) in [6, 6.07) is 12.3. The van der Waals surface area contributed by atoms with Gasteiger partial charge in [0.1, 0.15) is 12.1 Å². The normalized spacial score (nSPS) is 17.9. The maximum absolute atomic E-state index is 14.0. The maximum Gasteiger partial charge on any atom is 0.336 e. The van der Waals surface area contributed by atoms with E-state index < -0.39 is 53.8 Å². The van der Waals surface area contributed by atoms with Crippen LogP contribution in [0, 0.1) is 11.8 Å². The molecule has 0 radical (unpaired) electrons. The van der Waals surface area contributed by atoms with E-state index in [1.54, 1.807) is 48.5 Å². The van der Waals surface area contributed by atoms with Crippen LogP contribution in [0.3, 0.4) is 0 Å². The Balaban J connectivity index is 1.58. The van der Waals surface area contributed by atoms with Crippen LogP contribution in [0.5, 0.6) is 0 Å². The van der Waals surface area contributed by atoms with Gasteiger partial charge in [0.25, 0.3) is 11.8 Å². The first-order valence-electron chi connectivity index (χ1n) is 15.5. The lowest BCUT2D eigenvalue weighted by molar-refractivity contribution is -0.153. The minimum absolute atomic E-state index is 0.0137. The van der Waals surface area contributed by atoms with Gasteiger partial charge in [0, 0.05) is 6.42 Å². The van der Waals surface area contributed by atoms with Crippen molar-refractivity contribution in [3.05, 3.63) is 71.3 Å². The molecule has 44 heavy (non-hydrogen) atoms. The van der Waals surface area contributed by atoms with E-state index in [2.05, 4.69) is 10.6 Å². The largest absolute Gasteiger partial charge is 0.467 e. The summed E-state index contributed by atoms with van der Waals surface area (Å²) in [4.78, 5) is 67.9. The number of nitrogens with zero attached hydrogens (tertiary/aromatic N) is 1. The fourth-order valence-corrected chi connectivity index (χ4v) is 6.22. The van der Waals surface area contributed by atoms with Crippen LogP contribution in [-0.4, -0.2) is 70.9 Å². The molecule has 0 saturated heterocycles. The molecule has 2 aromatic carbocycles. The number of methoxy groups -OCH3 is 1. The molecule has 10 heteroatoms. The summed E-state index contributed by atoms with van der Waals surface area (Å²) in [7, 11) is 1.18. The average Bonchev–Trinajstić information content (AvgIpc) is 3.28. The second-order valence-electron chi connectivity index (χ2n) is 12.2. The Morgan fingerprint density at radius 2 is 1.48 bits per heavy atom. The van der Waals surface area contributed by atoms with E-state index in [4.69, 9.17) is 4.74 Å². The Labute approximate surface area is 258 Å². The zero-order valence-electron chi connectivity index (χ0n) is 25.7. The summed E-state index contributed by atoms with van der Waals surface area (Å²) in [6.45, 7) is 3.81. The standard InChI is InChI=1S/C34H43N3O7/c1-21(2)18-27(30(39)35-26(29(38)34(43)44-3)19-22-12-6-4-7-13-22)36-31(40)28(20-23-14-8-5-9-15-23)37-32(41)24-16-10-11-17-25(24)33(37)42/h5,8-11,14-17,21-22,26-29,38H,4,6-7,12-13,18-20H2,1-3H3,(H,35,39)(H,36,40)/t26-,27?,28-,29?/m0/s1. The second-order valence-corrected chi connectivity index (χ2v) is 12.2. The van der Waals surface area contributed by atoms with Crippen molar-refractivity contribution in [2.24, 2.45) is 11.8 Å². The summed E-state index contributed by atoms with van der Waals surface area (Å²) < 4.78 is 4.77. The van der Waals surface area contributed by atoms with Crippen LogP contribution >= 0.6 is 0 Å². The average molecular weight is 606 g/mol. The number of fused-ring (bicyclic) bond motifs is 1. The number of benzene rings is 2. The van der Waals surface area contributed by atoms with Crippen LogP contribution in [0.15, 0.2) is 54.6 Å². The Bertz CT molecular complexity index is 1300. The van der Waals surface area contributed by atoms with Crippen molar-refractivity contribution in [1.82, 2.24) is 15.5 Å². The third-order valence-corrected chi connectivity index (χ3v) is 8.52. The van der Waals surface area contributed by atoms with E-state index in [0.717, 1.165) is 42.6 Å². The van der Waals surface area contributed by atoms with Gasteiger partial charge in [-0.2, -0.15) is 0 Å². The highest BCUT2D eigenvalue weighted by Crippen LogP contribution is 2.29. The zero-order chi connectivity index (χ0) is 31.8. The lowest BCUT2D eigenvalue weighted by Crippen LogP contribution is -2.58. The minimum Gasteiger partial charge on any atom is -0.467 e. The number of ether oxygens (including phenoxy) is 1. The van der Waals surface area contributed by atoms with Crippen LogP contribution < -0.4 is 10.6 Å². The van der Waals surface area contributed by atoms with Crippen molar-refractivity contribution in [2.75, 3.05) is 7.11 Å². The summed E-state index contributed by atoms with van der Waals surface area (Å²) >= 11 is 0. The molecule has 1 fully saturated rings. The monoisotopic (exact) mass is 605 g/mol. The van der Waals surface area contributed by atoms with Crippen LogP contribution in [-0.2, 0) is 25.5 Å². The third kappa shape index (κ3) is 7.91. The summed E-state index contributed by atoms with van der Waals surface area (Å²) in [5.74, 6) is -2.97. The number of aliphatic hydroxyl groups excluding tert-OH is 1. The van der Waals surface area contributed by atoms with Crippen LogP contribution in [0.4, 0.5) is 0 Å². The number of aliphatic hydroxyl groups is 1. The van der Waals surface area contributed by atoms with E-state index in [9.17, 15) is 29.1 Å². The molecule has 4 amide bonds. The molecule has 1 aliphatic heterocycles. The van der Waals surface area contributed by atoms with E-state index in [0.29, 0.717) is 6.42 Å². The van der Waals surface area contributed by atoms with Gasteiger partial charge in [-0.3, -0.25) is 24.1 Å². The predicted octanol–water partition coefficient (Wildman–Crippen LogP) is 3.41. The molecule has 0 bridgehead atoms. The lowest BCUT2D eigenvalue weighted by atomic mass is 9.83. The number of amides is 4. The molecule has 1 heterocycles. The molecule has 0 spiro atoms. The Morgan fingerprint density at radius 1 is 0.886 bits per heavy atom. The van der Waals surface area contributed by atoms with Crippen LogP contribution in [0.2, 0.25) is 0 Å². The van der Waals surface area contributed by atoms with Gasteiger partial charge >= 0.3 is 5.97 Å². The maximum atomic E-state index is 14.0. The van der Waals surface area contributed by atoms with E-state index >= 15 is 0 Å². The van der Waals surface area contributed by atoms with Gasteiger partial charge in [0.15, 0.2) is 6.10 Å². The molecule has 2 aromatic rings. The summed E-state index contributed by atoms with van der Waals surface area (Å²) in [6.07, 6.45) is 4.25. The van der Waals surface area contributed by atoms with Crippen molar-refractivity contribution in [2.45, 2.75) is 89.4 Å². The smallest absolute Gasteiger partial charge is 0.336 e. The Kier molecular flexibility index (Phi) is 11.3. The number of esters is 1. The van der Waals surface area contributed by atoms with Crippen LogP contribution in [0.1, 0.15) is 85.1 Å². The topological polar surface area (TPSA) is 142 Å². The van der Waals surface area contributed by atoms with E-state index in [1.807, 2.05) is 19.9 Å². The van der Waals surface area contributed by atoms with Crippen LogP contribution in [0.25, 0.3) is 0 Å². The first kappa shape index (κ1) is 32.9. The predicted molar refractivity (Wildman–Crippen MR) is 163 cm³/mol. The molecule has 2 aliphatic rings. The fourth-order valence-electron chi connectivity index (χ4n) is 6.22. The second kappa shape index (κ2) is 15.1. The van der Waals surface area contributed by atoms with Gasteiger partial charge in [-0.05, 0) is 42.4 Å². The van der Waals surface area contributed by atoms with Gasteiger partial charge in [0.2, 0.25) is 11.8 Å². The number of rotatable bonds is 13. The molecular weight excluding hydrogens is 562 g/mol. The highest BCUT2D eigenvalue weighted by atomic mass is 16.5. The summed E-state index contributed by atoms with van der Waals surface area (Å²) in [5.41, 5.74) is 1.19. The Morgan fingerprint density at radius 3 is 2.05 bits per heavy atom. The first-order chi connectivity index (χ1) is 21.1.